The zero-order chi connectivity index (χ0) is 20.7. The summed E-state index contributed by atoms with van der Waals surface area (Å²) in [6.07, 6.45) is -0.740. The van der Waals surface area contributed by atoms with Gasteiger partial charge < -0.3 is 5.11 Å². The van der Waals surface area contributed by atoms with Crippen LogP contribution in [0.15, 0.2) is 35.2 Å². The summed E-state index contributed by atoms with van der Waals surface area (Å²) in [5.41, 5.74) is 0.815. The Balaban J connectivity index is 1.99. The van der Waals surface area contributed by atoms with E-state index in [4.69, 9.17) is 5.26 Å². The van der Waals surface area contributed by atoms with Crippen LogP contribution in [0.5, 0.6) is 0 Å². The summed E-state index contributed by atoms with van der Waals surface area (Å²) >= 11 is 0. The van der Waals surface area contributed by atoms with E-state index in [1.807, 2.05) is 0 Å². The molecule has 0 spiro atoms. The molecule has 1 unspecified atom stereocenters. The van der Waals surface area contributed by atoms with E-state index in [1.165, 1.54) is 24.3 Å². The van der Waals surface area contributed by atoms with E-state index in [2.05, 4.69) is 4.98 Å². The van der Waals surface area contributed by atoms with Crippen LogP contribution in [0.4, 0.5) is 13.2 Å². The Bertz CT molecular complexity index is 1070. The third-order valence-corrected chi connectivity index (χ3v) is 6.47. The third-order valence-electron chi connectivity index (χ3n) is 4.57. The first kappa shape index (κ1) is 20.3. The molecule has 1 fully saturated rings. The van der Waals surface area contributed by atoms with E-state index in [0.29, 0.717) is 15.4 Å². The normalized spacial score (nSPS) is 19.5. The van der Waals surface area contributed by atoms with E-state index in [9.17, 15) is 26.7 Å². The highest BCUT2D eigenvalue weighted by Gasteiger charge is 2.49. The smallest absolute Gasteiger partial charge is 0.263 e. The number of hydrogen-bond donors (Lipinski definition) is 1. The maximum Gasteiger partial charge on any atom is 0.263 e. The van der Waals surface area contributed by atoms with Crippen molar-refractivity contribution in [3.63, 3.8) is 0 Å². The minimum absolute atomic E-state index is 0.201. The number of sulfonamides is 1. The molecule has 0 saturated carbocycles. The summed E-state index contributed by atoms with van der Waals surface area (Å²) in [6, 6.07) is 6.84. The predicted molar refractivity (Wildman–Crippen MR) is 93.4 cm³/mol. The summed E-state index contributed by atoms with van der Waals surface area (Å²) in [5.74, 6) is -3.98. The number of hydrogen-bond acceptors (Lipinski definition) is 5. The average Bonchev–Trinajstić information content (AvgIpc) is 2.98. The van der Waals surface area contributed by atoms with Crippen LogP contribution in [0.25, 0.3) is 11.3 Å². The topological polar surface area (TPSA) is 94.3 Å². The molecule has 6 nitrogen and oxygen atoms in total. The summed E-state index contributed by atoms with van der Waals surface area (Å²) in [6.45, 7) is -0.109. The first-order valence-corrected chi connectivity index (χ1v) is 9.71. The predicted octanol–water partition coefficient (Wildman–Crippen LogP) is 2.46. The zero-order valence-electron chi connectivity index (χ0n) is 14.7. The Labute approximate surface area is 159 Å². The number of aliphatic hydroxyl groups is 1. The molecule has 1 aromatic carbocycles. The van der Waals surface area contributed by atoms with E-state index in [-0.39, 0.29) is 10.6 Å². The molecule has 2 heterocycles. The van der Waals surface area contributed by atoms with Crippen molar-refractivity contribution < 1.29 is 26.7 Å². The highest BCUT2D eigenvalue weighted by Crippen LogP contribution is 2.36. The molecule has 0 bridgehead atoms. The number of aliphatic hydroxyl groups excluding tert-OH is 1. The van der Waals surface area contributed by atoms with E-state index < -0.39 is 53.1 Å². The Morgan fingerprint density at radius 1 is 1.36 bits per heavy atom. The largest absolute Gasteiger partial charge is 0.395 e. The van der Waals surface area contributed by atoms with Gasteiger partial charge in [-0.1, -0.05) is 6.07 Å². The number of aromatic nitrogens is 1. The second-order valence-corrected chi connectivity index (χ2v) is 8.45. The van der Waals surface area contributed by atoms with Crippen LogP contribution in [0.3, 0.4) is 0 Å². The quantitative estimate of drug-likeness (QED) is 0.834. The minimum atomic E-state index is -4.25. The minimum Gasteiger partial charge on any atom is -0.395 e. The van der Waals surface area contributed by atoms with Gasteiger partial charge in [0.25, 0.3) is 5.92 Å². The highest BCUT2D eigenvalue weighted by atomic mass is 32.2. The molecule has 2 aromatic rings. The van der Waals surface area contributed by atoms with Crippen molar-refractivity contribution in [2.24, 2.45) is 0 Å². The van der Waals surface area contributed by atoms with Crippen LogP contribution in [0.1, 0.15) is 17.7 Å². The lowest BCUT2D eigenvalue weighted by atomic mass is 10.1. The van der Waals surface area contributed by atoms with Gasteiger partial charge in [-0.3, -0.25) is 0 Å². The first-order valence-electron chi connectivity index (χ1n) is 8.27. The van der Waals surface area contributed by atoms with Crippen LogP contribution < -0.4 is 0 Å². The van der Waals surface area contributed by atoms with Crippen molar-refractivity contribution in [3.8, 4) is 17.3 Å². The Kier molecular flexibility index (Phi) is 5.18. The van der Waals surface area contributed by atoms with Crippen molar-refractivity contribution in [2.75, 3.05) is 13.2 Å². The van der Waals surface area contributed by atoms with E-state index >= 15 is 0 Å². The van der Waals surface area contributed by atoms with E-state index in [1.54, 1.807) is 13.0 Å². The second kappa shape index (κ2) is 7.16. The summed E-state index contributed by atoms with van der Waals surface area (Å²) in [5, 5.41) is 18.2. The monoisotopic (exact) mass is 411 g/mol. The molecule has 3 rings (SSSR count). The number of nitriles is 1. The molecule has 1 atom stereocenters. The van der Waals surface area contributed by atoms with Gasteiger partial charge in [-0.05, 0) is 36.8 Å². The average molecular weight is 411 g/mol. The SMILES string of the molecule is Cc1cc(S(=O)(=O)N2CC(F)(F)CC2CO)ccc1-c1ccc(F)c(C#N)n1. The van der Waals surface area contributed by atoms with Gasteiger partial charge in [-0.2, -0.15) is 9.57 Å². The molecule has 10 heteroatoms. The number of nitrogens with zero attached hydrogens (tertiary/aromatic N) is 3. The first-order chi connectivity index (χ1) is 13.1. The molecule has 1 aromatic heterocycles. The number of rotatable bonds is 4. The molecule has 1 aliphatic heterocycles. The second-order valence-electron chi connectivity index (χ2n) is 6.56. The maximum absolute atomic E-state index is 13.7. The highest BCUT2D eigenvalue weighted by molar-refractivity contribution is 7.89. The van der Waals surface area contributed by atoms with Crippen molar-refractivity contribution in [2.45, 2.75) is 30.2 Å². The van der Waals surface area contributed by atoms with Gasteiger partial charge in [0, 0.05) is 12.0 Å². The molecule has 28 heavy (non-hydrogen) atoms. The van der Waals surface area contributed by atoms with E-state index in [0.717, 1.165) is 6.07 Å². The standard InChI is InChI=1S/C18H16F3N3O3S/c1-11-6-13(28(26,27)24-10-18(20,21)7-12(24)9-25)2-3-14(11)16-5-4-15(19)17(8-22)23-16/h2-6,12,25H,7,9-10H2,1H3. The Hall–Kier alpha value is -2.48. The fraction of sp³-hybridized carbons (Fsp3) is 0.333. The summed E-state index contributed by atoms with van der Waals surface area (Å²) in [4.78, 5) is 3.71. The van der Waals surface area contributed by atoms with Crippen LogP contribution in [-0.4, -0.2) is 47.9 Å². The number of alkyl halides is 2. The van der Waals surface area contributed by atoms with Crippen LogP contribution >= 0.6 is 0 Å². The molecular formula is C18H16F3N3O3S. The molecule has 0 radical (unpaired) electrons. The number of benzene rings is 1. The Morgan fingerprint density at radius 3 is 2.68 bits per heavy atom. The van der Waals surface area contributed by atoms with Crippen molar-refractivity contribution in [1.29, 1.82) is 5.26 Å². The van der Waals surface area contributed by atoms with Gasteiger partial charge in [0.2, 0.25) is 10.0 Å². The van der Waals surface area contributed by atoms with Gasteiger partial charge >= 0.3 is 0 Å². The fourth-order valence-corrected chi connectivity index (χ4v) is 4.92. The zero-order valence-corrected chi connectivity index (χ0v) is 15.5. The molecular weight excluding hydrogens is 395 g/mol. The van der Waals surface area contributed by atoms with Crippen molar-refractivity contribution in [1.82, 2.24) is 9.29 Å². The molecule has 1 saturated heterocycles. The summed E-state index contributed by atoms with van der Waals surface area (Å²) < 4.78 is 67.0. The Morgan fingerprint density at radius 2 is 2.07 bits per heavy atom. The molecule has 0 aliphatic carbocycles. The molecule has 148 valence electrons. The molecule has 0 amide bonds. The van der Waals surface area contributed by atoms with Gasteiger partial charge in [-0.25, -0.2) is 26.6 Å². The fourth-order valence-electron chi connectivity index (χ4n) is 3.20. The lowest BCUT2D eigenvalue weighted by Crippen LogP contribution is -2.38. The summed E-state index contributed by atoms with van der Waals surface area (Å²) in [7, 11) is -4.25. The van der Waals surface area contributed by atoms with Gasteiger partial charge in [0.15, 0.2) is 11.5 Å². The number of pyridine rings is 1. The number of halogens is 3. The molecule has 1 aliphatic rings. The lowest BCUT2D eigenvalue weighted by molar-refractivity contribution is 0.0161. The van der Waals surface area contributed by atoms with Crippen LogP contribution in [-0.2, 0) is 10.0 Å². The lowest BCUT2D eigenvalue weighted by Gasteiger charge is -2.22. The maximum atomic E-state index is 13.7. The third kappa shape index (κ3) is 3.61. The van der Waals surface area contributed by atoms with Gasteiger partial charge in [0.1, 0.15) is 6.07 Å². The van der Waals surface area contributed by atoms with Crippen molar-refractivity contribution in [3.05, 3.63) is 47.4 Å². The van der Waals surface area contributed by atoms with Gasteiger partial charge in [-0.15, -0.1) is 0 Å². The molecule has 1 N–H and O–H groups in total. The van der Waals surface area contributed by atoms with Gasteiger partial charge in [0.05, 0.1) is 29.8 Å². The number of aryl methyl sites for hydroxylation is 1. The van der Waals surface area contributed by atoms with Crippen LogP contribution in [0, 0.1) is 24.1 Å². The van der Waals surface area contributed by atoms with Crippen LogP contribution in [0.2, 0.25) is 0 Å². The van der Waals surface area contributed by atoms with Crippen molar-refractivity contribution >= 4 is 10.0 Å².